The highest BCUT2D eigenvalue weighted by molar-refractivity contribution is 6.31. The van der Waals surface area contributed by atoms with Gasteiger partial charge in [-0.05, 0) is 43.0 Å². The molecule has 0 radical (unpaired) electrons. The summed E-state index contributed by atoms with van der Waals surface area (Å²) in [5.41, 5.74) is 2.42. The van der Waals surface area contributed by atoms with Crippen LogP contribution in [-0.4, -0.2) is 20.1 Å². The lowest BCUT2D eigenvalue weighted by Gasteiger charge is -2.28. The first-order valence-corrected chi connectivity index (χ1v) is 8.28. The molecule has 1 saturated carbocycles. The van der Waals surface area contributed by atoms with Crippen LogP contribution in [0.15, 0.2) is 18.2 Å². The van der Waals surface area contributed by atoms with E-state index in [9.17, 15) is 0 Å². The number of halogens is 1. The second-order valence-corrected chi connectivity index (χ2v) is 6.35. The largest absolute Gasteiger partial charge is 0.374 e. The van der Waals surface area contributed by atoms with Gasteiger partial charge in [-0.15, -0.1) is 0 Å². The standard InChI is InChI=1S/C17H27ClN2/c1-3-19-12-15-9-10-16(11-17(15)18)20(2)13-14-7-5-4-6-8-14/h9-11,14,19H,3-8,12-13H2,1-2H3. The molecule has 112 valence electrons. The van der Waals surface area contributed by atoms with Crippen molar-refractivity contribution in [2.75, 3.05) is 25.0 Å². The van der Waals surface area contributed by atoms with Crippen LogP contribution in [-0.2, 0) is 6.54 Å². The number of hydrogen-bond acceptors (Lipinski definition) is 2. The Kier molecular flexibility index (Phi) is 6.18. The van der Waals surface area contributed by atoms with E-state index in [0.29, 0.717) is 0 Å². The molecule has 2 nitrogen and oxygen atoms in total. The van der Waals surface area contributed by atoms with Gasteiger partial charge >= 0.3 is 0 Å². The first-order valence-electron chi connectivity index (χ1n) is 7.91. The normalized spacial score (nSPS) is 16.4. The van der Waals surface area contributed by atoms with Gasteiger partial charge in [0, 0.05) is 30.8 Å². The maximum Gasteiger partial charge on any atom is 0.0471 e. The van der Waals surface area contributed by atoms with Crippen molar-refractivity contribution in [3.63, 3.8) is 0 Å². The molecule has 1 N–H and O–H groups in total. The van der Waals surface area contributed by atoms with E-state index < -0.39 is 0 Å². The number of anilines is 1. The molecule has 2 rings (SSSR count). The molecule has 0 aromatic heterocycles. The van der Waals surface area contributed by atoms with Gasteiger partial charge in [-0.1, -0.05) is 43.9 Å². The average Bonchev–Trinajstić information content (AvgIpc) is 2.47. The second kappa shape index (κ2) is 7.90. The molecule has 1 aliphatic carbocycles. The van der Waals surface area contributed by atoms with E-state index in [-0.39, 0.29) is 0 Å². The molecule has 1 aromatic rings. The van der Waals surface area contributed by atoms with Crippen LogP contribution in [0.3, 0.4) is 0 Å². The summed E-state index contributed by atoms with van der Waals surface area (Å²) in [5, 5.41) is 4.20. The third kappa shape index (κ3) is 4.39. The molecule has 0 atom stereocenters. The highest BCUT2D eigenvalue weighted by Crippen LogP contribution is 2.28. The lowest BCUT2D eigenvalue weighted by Crippen LogP contribution is -2.26. The highest BCUT2D eigenvalue weighted by atomic mass is 35.5. The van der Waals surface area contributed by atoms with Crippen LogP contribution in [0.5, 0.6) is 0 Å². The minimum atomic E-state index is 0.849. The zero-order valence-electron chi connectivity index (χ0n) is 12.8. The van der Waals surface area contributed by atoms with Gasteiger partial charge in [-0.3, -0.25) is 0 Å². The minimum Gasteiger partial charge on any atom is -0.374 e. The molecular formula is C17H27ClN2. The molecule has 0 saturated heterocycles. The molecular weight excluding hydrogens is 268 g/mol. The Morgan fingerprint density at radius 1 is 1.25 bits per heavy atom. The average molecular weight is 295 g/mol. The second-order valence-electron chi connectivity index (χ2n) is 5.94. The summed E-state index contributed by atoms with van der Waals surface area (Å²) >= 11 is 6.39. The molecule has 1 aliphatic rings. The van der Waals surface area contributed by atoms with Crippen LogP contribution in [0.25, 0.3) is 0 Å². The van der Waals surface area contributed by atoms with Gasteiger partial charge in [0.15, 0.2) is 0 Å². The summed E-state index contributed by atoms with van der Waals surface area (Å²) in [4.78, 5) is 2.36. The third-order valence-electron chi connectivity index (χ3n) is 4.30. The molecule has 1 fully saturated rings. The molecule has 0 unspecified atom stereocenters. The van der Waals surface area contributed by atoms with Crippen molar-refractivity contribution < 1.29 is 0 Å². The predicted octanol–water partition coefficient (Wildman–Crippen LogP) is 4.47. The van der Waals surface area contributed by atoms with Crippen LogP contribution >= 0.6 is 11.6 Å². The van der Waals surface area contributed by atoms with E-state index in [1.807, 2.05) is 0 Å². The first-order chi connectivity index (χ1) is 9.70. The van der Waals surface area contributed by atoms with Gasteiger partial charge in [0.25, 0.3) is 0 Å². The van der Waals surface area contributed by atoms with Crippen molar-refractivity contribution in [1.82, 2.24) is 5.32 Å². The highest BCUT2D eigenvalue weighted by Gasteiger charge is 2.16. The minimum absolute atomic E-state index is 0.849. The zero-order chi connectivity index (χ0) is 14.4. The number of nitrogens with zero attached hydrogens (tertiary/aromatic N) is 1. The van der Waals surface area contributed by atoms with E-state index in [4.69, 9.17) is 11.6 Å². The summed E-state index contributed by atoms with van der Waals surface area (Å²) in [6.07, 6.45) is 7.00. The Morgan fingerprint density at radius 3 is 2.65 bits per heavy atom. The van der Waals surface area contributed by atoms with Crippen LogP contribution in [0.1, 0.15) is 44.6 Å². The molecule has 0 spiro atoms. The van der Waals surface area contributed by atoms with Crippen molar-refractivity contribution in [1.29, 1.82) is 0 Å². The lowest BCUT2D eigenvalue weighted by atomic mass is 9.89. The Balaban J connectivity index is 1.95. The van der Waals surface area contributed by atoms with E-state index in [0.717, 1.165) is 30.6 Å². The van der Waals surface area contributed by atoms with Gasteiger partial charge < -0.3 is 10.2 Å². The van der Waals surface area contributed by atoms with Gasteiger partial charge in [-0.2, -0.15) is 0 Å². The van der Waals surface area contributed by atoms with E-state index >= 15 is 0 Å². The Hall–Kier alpha value is -0.730. The van der Waals surface area contributed by atoms with Crippen LogP contribution in [0, 0.1) is 5.92 Å². The quantitative estimate of drug-likeness (QED) is 0.833. The third-order valence-corrected chi connectivity index (χ3v) is 4.65. The Morgan fingerprint density at radius 2 is 2.00 bits per heavy atom. The van der Waals surface area contributed by atoms with Crippen LogP contribution in [0.2, 0.25) is 5.02 Å². The molecule has 1 aromatic carbocycles. The van der Waals surface area contributed by atoms with E-state index in [1.54, 1.807) is 0 Å². The van der Waals surface area contributed by atoms with Crippen LogP contribution in [0.4, 0.5) is 5.69 Å². The molecule has 3 heteroatoms. The van der Waals surface area contributed by atoms with Gasteiger partial charge in [-0.25, -0.2) is 0 Å². The number of benzene rings is 1. The van der Waals surface area contributed by atoms with Crippen LogP contribution < -0.4 is 10.2 Å². The summed E-state index contributed by atoms with van der Waals surface area (Å²) in [6, 6.07) is 6.45. The fourth-order valence-corrected chi connectivity index (χ4v) is 3.28. The molecule has 0 amide bonds. The summed E-state index contributed by atoms with van der Waals surface area (Å²) in [5.74, 6) is 0.856. The molecule has 0 bridgehead atoms. The maximum atomic E-state index is 6.39. The van der Waals surface area contributed by atoms with E-state index in [2.05, 4.69) is 42.4 Å². The van der Waals surface area contributed by atoms with Crippen molar-refractivity contribution >= 4 is 17.3 Å². The van der Waals surface area contributed by atoms with Gasteiger partial charge in [0.1, 0.15) is 0 Å². The van der Waals surface area contributed by atoms with Crippen molar-refractivity contribution in [3.05, 3.63) is 28.8 Å². The Bertz CT molecular complexity index is 413. The summed E-state index contributed by atoms with van der Waals surface area (Å²) in [6.45, 7) is 5.09. The maximum absolute atomic E-state index is 6.39. The first kappa shape index (κ1) is 15.7. The molecule has 0 heterocycles. The zero-order valence-corrected chi connectivity index (χ0v) is 13.5. The summed E-state index contributed by atoms with van der Waals surface area (Å²) < 4.78 is 0. The van der Waals surface area contributed by atoms with Crippen molar-refractivity contribution in [3.8, 4) is 0 Å². The lowest BCUT2D eigenvalue weighted by molar-refractivity contribution is 0.362. The Labute approximate surface area is 128 Å². The summed E-state index contributed by atoms with van der Waals surface area (Å²) in [7, 11) is 2.18. The monoisotopic (exact) mass is 294 g/mol. The van der Waals surface area contributed by atoms with E-state index in [1.165, 1.54) is 43.4 Å². The number of hydrogen-bond donors (Lipinski definition) is 1. The van der Waals surface area contributed by atoms with Crippen molar-refractivity contribution in [2.24, 2.45) is 5.92 Å². The van der Waals surface area contributed by atoms with Crippen molar-refractivity contribution in [2.45, 2.75) is 45.6 Å². The predicted molar refractivity (Wildman–Crippen MR) is 88.7 cm³/mol. The smallest absolute Gasteiger partial charge is 0.0471 e. The molecule has 20 heavy (non-hydrogen) atoms. The fourth-order valence-electron chi connectivity index (χ4n) is 3.04. The molecule has 0 aliphatic heterocycles. The number of rotatable bonds is 6. The SMILES string of the molecule is CCNCc1ccc(N(C)CC2CCCCC2)cc1Cl. The van der Waals surface area contributed by atoms with Gasteiger partial charge in [0.05, 0.1) is 0 Å². The fraction of sp³-hybridized carbons (Fsp3) is 0.647. The van der Waals surface area contributed by atoms with Gasteiger partial charge in [0.2, 0.25) is 0 Å². The number of nitrogens with one attached hydrogen (secondary N) is 1. The topological polar surface area (TPSA) is 15.3 Å².